The molecule has 8 rings (SSSR count). The molecule has 0 bridgehead atoms. The number of pyridine rings is 2. The number of hydrogen-bond donors (Lipinski definition) is 0. The van der Waals surface area contributed by atoms with E-state index in [2.05, 4.69) is 107 Å². The third kappa shape index (κ3) is 6.90. The van der Waals surface area contributed by atoms with Crippen LogP contribution in [0.5, 0.6) is 0 Å². The molecule has 0 atom stereocenters. The van der Waals surface area contributed by atoms with Crippen molar-refractivity contribution in [2.45, 2.75) is 50.8 Å². The number of fused-ring (bicyclic) bond motifs is 7. The van der Waals surface area contributed by atoms with E-state index >= 15 is 0 Å². The Bertz CT molecular complexity index is 2590. The van der Waals surface area contributed by atoms with Gasteiger partial charge in [0.25, 0.3) is 0 Å². The number of nitrogens with zero attached hydrogens (tertiary/aromatic N) is 2. The Balaban J connectivity index is 0.000000238. The molecule has 0 aliphatic heterocycles. The van der Waals surface area contributed by atoms with E-state index in [1.54, 1.807) is 31.3 Å². The quantitative estimate of drug-likeness (QED) is 0.0999. The minimum Gasteiger partial charge on any atom is 0 e. The summed E-state index contributed by atoms with van der Waals surface area (Å²) in [4.78, 5) is 9.10. The van der Waals surface area contributed by atoms with Gasteiger partial charge in [0.1, 0.15) is 0 Å². The SMILES string of the molecule is [2H]C([2H])([2H])c1cnc(-c2[c-]ccc3c2sc2c3ccc3cc(C)c4ccccc4c32)cc1C([2H])(C)C.[CH3][Ge]([CH3])([CH3])[c]1ccc(-c2[c-]cccc2)nc1.[Ir]. The second-order valence-electron chi connectivity index (χ2n) is 13.6. The summed E-state index contributed by atoms with van der Waals surface area (Å²) in [5, 5.41) is 7.28. The molecule has 0 fully saturated rings. The van der Waals surface area contributed by atoms with E-state index in [-0.39, 0.29) is 25.7 Å². The summed E-state index contributed by atoms with van der Waals surface area (Å²) in [5.41, 5.74) is 5.40. The molecular formula is C44H40GeIrN2S-2. The fourth-order valence-corrected chi connectivity index (χ4v) is 9.87. The molecule has 2 nitrogen and oxygen atoms in total. The van der Waals surface area contributed by atoms with Gasteiger partial charge in [0, 0.05) is 41.9 Å². The van der Waals surface area contributed by atoms with Crippen LogP contribution in [0.15, 0.2) is 109 Å². The van der Waals surface area contributed by atoms with Crippen LogP contribution >= 0.6 is 11.3 Å². The van der Waals surface area contributed by atoms with Crippen LogP contribution in [0.1, 0.15) is 41.9 Å². The zero-order valence-electron chi connectivity index (χ0n) is 32.5. The third-order valence-corrected chi connectivity index (χ3v) is 14.5. The molecule has 0 aliphatic carbocycles. The van der Waals surface area contributed by atoms with E-state index in [0.717, 1.165) is 26.9 Å². The van der Waals surface area contributed by atoms with Crippen molar-refractivity contribution in [3.8, 4) is 22.5 Å². The zero-order valence-corrected chi connectivity index (χ0v) is 33.8. The van der Waals surface area contributed by atoms with Crippen LogP contribution < -0.4 is 4.40 Å². The first-order valence-corrected chi connectivity index (χ1v) is 24.4. The van der Waals surface area contributed by atoms with E-state index < -0.39 is 26.0 Å². The van der Waals surface area contributed by atoms with Gasteiger partial charge in [-0.15, -0.1) is 23.8 Å². The van der Waals surface area contributed by atoms with E-state index in [0.29, 0.717) is 11.3 Å². The monoisotopic (exact) mass is 899 g/mol. The van der Waals surface area contributed by atoms with Crippen LogP contribution in [0, 0.1) is 25.9 Å². The summed E-state index contributed by atoms with van der Waals surface area (Å²) in [6.45, 7) is 3.25. The molecule has 0 aliphatic rings. The van der Waals surface area contributed by atoms with Crippen LogP contribution in [-0.2, 0) is 20.1 Å². The first-order chi connectivity index (χ1) is 24.6. The van der Waals surface area contributed by atoms with Crippen LogP contribution in [-0.4, -0.2) is 23.2 Å². The molecule has 3 heterocycles. The Kier molecular flexibility index (Phi) is 8.80. The summed E-state index contributed by atoms with van der Waals surface area (Å²) in [5.74, 6) is 6.06. The zero-order chi connectivity index (χ0) is 37.0. The number of thiophene rings is 1. The number of aryl methyl sites for hydroxylation is 2. The maximum atomic E-state index is 8.60. The van der Waals surface area contributed by atoms with Crippen molar-refractivity contribution in [3.05, 3.63) is 138 Å². The summed E-state index contributed by atoms with van der Waals surface area (Å²) in [7, 11) is 0. The summed E-state index contributed by atoms with van der Waals surface area (Å²) in [6.07, 6.45) is 3.45. The average Bonchev–Trinajstić information content (AvgIpc) is 3.50. The van der Waals surface area contributed by atoms with Crippen molar-refractivity contribution in [2.75, 3.05) is 0 Å². The van der Waals surface area contributed by atoms with Crippen molar-refractivity contribution < 1.29 is 25.6 Å². The van der Waals surface area contributed by atoms with Crippen LogP contribution in [0.25, 0.3) is 64.2 Å². The molecule has 247 valence electrons. The standard InChI is InChI=1S/C30H24NS.C14H16GeN.Ir/c1-17(2)26-15-27(31-16-19(26)4)25-11-7-10-23-24-13-12-20-14-18(3)21-8-5-6-9-22(21)28(20)30(24)32-29(23)25;1-15(2,3)13-9-10-14(16-11-13)12-7-5-4-6-8-12;/h5-10,12-17H,1-4H3;4-7,9-11H,1-3H3;/q2*-1;/i4D3,17D;;. The predicted octanol–water partition coefficient (Wildman–Crippen LogP) is 12.1. The number of benzene rings is 5. The van der Waals surface area contributed by atoms with Crippen molar-refractivity contribution in [1.82, 2.24) is 9.97 Å². The Morgan fingerprint density at radius 2 is 1.49 bits per heavy atom. The summed E-state index contributed by atoms with van der Waals surface area (Å²) < 4.78 is 36.1. The summed E-state index contributed by atoms with van der Waals surface area (Å²) >= 11 is 0.0113. The molecule has 0 saturated carbocycles. The largest absolute Gasteiger partial charge is 0 e. The molecule has 5 aromatic carbocycles. The molecule has 3 aromatic heterocycles. The van der Waals surface area contributed by atoms with E-state index in [1.165, 1.54) is 47.8 Å². The first-order valence-electron chi connectivity index (χ1n) is 18.2. The van der Waals surface area contributed by atoms with Gasteiger partial charge in [-0.1, -0.05) is 67.8 Å². The van der Waals surface area contributed by atoms with E-state index in [4.69, 9.17) is 5.48 Å². The molecule has 0 saturated heterocycles. The van der Waals surface area contributed by atoms with Crippen LogP contribution in [0.2, 0.25) is 17.3 Å². The van der Waals surface area contributed by atoms with E-state index in [1.807, 2.05) is 36.5 Å². The average molecular weight is 898 g/mol. The number of rotatable bonds is 4. The van der Waals surface area contributed by atoms with Gasteiger partial charge in [-0.25, -0.2) is 0 Å². The molecule has 0 spiro atoms. The van der Waals surface area contributed by atoms with Gasteiger partial charge >= 0.3 is 99.8 Å². The molecule has 5 heteroatoms. The second kappa shape index (κ2) is 14.3. The summed E-state index contributed by atoms with van der Waals surface area (Å²) in [6, 6.07) is 39.8. The van der Waals surface area contributed by atoms with Crippen molar-refractivity contribution >= 4 is 70.7 Å². The van der Waals surface area contributed by atoms with Gasteiger partial charge in [0.2, 0.25) is 0 Å². The third-order valence-electron chi connectivity index (χ3n) is 8.94. The molecule has 0 N–H and O–H groups in total. The molecule has 0 amide bonds. The first kappa shape index (κ1) is 30.2. The minimum atomic E-state index is -2.33. The normalized spacial score (nSPS) is 13.3. The second-order valence-corrected chi connectivity index (χ2v) is 25.2. The van der Waals surface area contributed by atoms with Gasteiger partial charge in [0.15, 0.2) is 0 Å². The molecule has 8 aromatic rings. The number of aromatic nitrogens is 2. The van der Waals surface area contributed by atoms with E-state index in [9.17, 15) is 0 Å². The molecule has 0 unspecified atom stereocenters. The topological polar surface area (TPSA) is 25.8 Å². The minimum absolute atomic E-state index is 0. The van der Waals surface area contributed by atoms with Crippen LogP contribution in [0.4, 0.5) is 0 Å². The Morgan fingerprint density at radius 1 is 0.735 bits per heavy atom. The van der Waals surface area contributed by atoms with Gasteiger partial charge in [-0.2, -0.15) is 11.3 Å². The molecule has 49 heavy (non-hydrogen) atoms. The van der Waals surface area contributed by atoms with Gasteiger partial charge in [-0.05, 0) is 68.3 Å². The maximum Gasteiger partial charge on any atom is 0 e. The van der Waals surface area contributed by atoms with Gasteiger partial charge in [-0.3, -0.25) is 0 Å². The van der Waals surface area contributed by atoms with Crippen LogP contribution in [0.3, 0.4) is 0 Å². The van der Waals surface area contributed by atoms with Crippen molar-refractivity contribution in [2.24, 2.45) is 0 Å². The predicted molar refractivity (Wildman–Crippen MR) is 211 cm³/mol. The van der Waals surface area contributed by atoms with Crippen molar-refractivity contribution in [1.29, 1.82) is 0 Å². The molecular weight excluding hydrogens is 853 g/mol. The smallest absolute Gasteiger partial charge is 0 e. The Labute approximate surface area is 316 Å². The molecule has 1 radical (unpaired) electrons. The number of hydrogen-bond acceptors (Lipinski definition) is 3. The Morgan fingerprint density at radius 3 is 2.18 bits per heavy atom. The van der Waals surface area contributed by atoms with Crippen molar-refractivity contribution in [3.63, 3.8) is 0 Å². The van der Waals surface area contributed by atoms with Gasteiger partial charge in [0.05, 0.1) is 0 Å². The van der Waals surface area contributed by atoms with Gasteiger partial charge < -0.3 is 4.98 Å². The fraction of sp³-hybridized carbons (Fsp3) is 0.182. The Hall–Kier alpha value is -3.67. The maximum absolute atomic E-state index is 8.60. The fourth-order valence-electron chi connectivity index (χ4n) is 6.32.